The molecule has 0 saturated carbocycles. The van der Waals surface area contributed by atoms with Gasteiger partial charge >= 0.3 is 0 Å². The van der Waals surface area contributed by atoms with Crippen molar-refractivity contribution >= 4 is 0 Å². The summed E-state index contributed by atoms with van der Waals surface area (Å²) in [6.07, 6.45) is 1.14. The van der Waals surface area contributed by atoms with E-state index in [4.69, 9.17) is 4.74 Å². The van der Waals surface area contributed by atoms with Gasteiger partial charge in [0, 0.05) is 19.6 Å². The number of nitrogens with zero attached hydrogens (tertiary/aromatic N) is 2. The molecule has 1 heterocycles. The highest BCUT2D eigenvalue weighted by Gasteiger charge is 2.09. The van der Waals surface area contributed by atoms with Crippen molar-refractivity contribution in [3.05, 3.63) is 11.4 Å². The fourth-order valence-corrected chi connectivity index (χ4v) is 1.57. The maximum atomic E-state index is 5.74. The number of aryl methyl sites for hydroxylation is 2. The molecule has 1 aromatic rings. The van der Waals surface area contributed by atoms with Gasteiger partial charge in [0.15, 0.2) is 5.75 Å². The second-order valence-corrected chi connectivity index (χ2v) is 4.24. The van der Waals surface area contributed by atoms with Gasteiger partial charge < -0.3 is 10.1 Å². The molecule has 1 atom stereocenters. The second-order valence-electron chi connectivity index (χ2n) is 4.24. The molecular weight excluding hydrogens is 202 g/mol. The molecule has 0 radical (unpaired) electrons. The Morgan fingerprint density at radius 1 is 1.44 bits per heavy atom. The third-order valence-corrected chi connectivity index (χ3v) is 2.90. The number of nitrogens with one attached hydrogen (secondary N) is 1. The average molecular weight is 225 g/mol. The predicted molar refractivity (Wildman–Crippen MR) is 65.9 cm³/mol. The maximum absolute atomic E-state index is 5.74. The Bertz CT molecular complexity index is 333. The summed E-state index contributed by atoms with van der Waals surface area (Å²) in [5.41, 5.74) is 2.05. The summed E-state index contributed by atoms with van der Waals surface area (Å²) in [5.74, 6) is 0.924. The fraction of sp³-hybridized carbons (Fsp3) is 0.750. The van der Waals surface area contributed by atoms with E-state index in [2.05, 4.69) is 24.3 Å². The van der Waals surface area contributed by atoms with Crippen molar-refractivity contribution in [3.63, 3.8) is 0 Å². The van der Waals surface area contributed by atoms with E-state index in [-0.39, 0.29) is 0 Å². The monoisotopic (exact) mass is 225 g/mol. The molecule has 0 aliphatic heterocycles. The van der Waals surface area contributed by atoms with E-state index in [1.54, 1.807) is 0 Å². The number of rotatable bonds is 6. The largest absolute Gasteiger partial charge is 0.488 e. The zero-order valence-corrected chi connectivity index (χ0v) is 11.0. The Balaban J connectivity index is 2.37. The first-order chi connectivity index (χ1) is 7.56. The molecule has 1 rings (SSSR count). The van der Waals surface area contributed by atoms with Gasteiger partial charge in [-0.25, -0.2) is 0 Å². The smallest absolute Gasteiger partial charge is 0.163 e. The second kappa shape index (κ2) is 5.89. The van der Waals surface area contributed by atoms with Crippen LogP contribution in [-0.2, 0) is 7.05 Å². The summed E-state index contributed by atoms with van der Waals surface area (Å²) < 4.78 is 7.59. The highest BCUT2D eigenvalue weighted by Crippen LogP contribution is 2.20. The van der Waals surface area contributed by atoms with Gasteiger partial charge in [0.05, 0.1) is 5.69 Å². The van der Waals surface area contributed by atoms with Crippen molar-refractivity contribution in [2.45, 2.75) is 40.2 Å². The number of hydrogen-bond acceptors (Lipinski definition) is 3. The number of hydrogen-bond donors (Lipinski definition) is 1. The van der Waals surface area contributed by atoms with Crippen molar-refractivity contribution in [2.75, 3.05) is 13.2 Å². The standard InChI is InChI=1S/C12H23N3O/c1-6-9(2)13-7-8-16-12-10(3)14-15(5)11(12)4/h9,13H,6-8H2,1-5H3. The van der Waals surface area contributed by atoms with Crippen molar-refractivity contribution in [2.24, 2.45) is 7.05 Å². The van der Waals surface area contributed by atoms with Gasteiger partial charge in [0.1, 0.15) is 12.3 Å². The van der Waals surface area contributed by atoms with Gasteiger partial charge in [-0.2, -0.15) is 5.10 Å². The van der Waals surface area contributed by atoms with Gasteiger partial charge in [-0.05, 0) is 27.2 Å². The first kappa shape index (κ1) is 13.0. The lowest BCUT2D eigenvalue weighted by molar-refractivity contribution is 0.302. The van der Waals surface area contributed by atoms with Crippen molar-refractivity contribution in [1.82, 2.24) is 15.1 Å². The molecule has 0 saturated heterocycles. The van der Waals surface area contributed by atoms with Crippen LogP contribution in [0.25, 0.3) is 0 Å². The Morgan fingerprint density at radius 3 is 2.62 bits per heavy atom. The first-order valence-electron chi connectivity index (χ1n) is 5.92. The molecule has 0 aliphatic carbocycles. The molecule has 0 spiro atoms. The normalized spacial score (nSPS) is 12.8. The minimum atomic E-state index is 0.555. The maximum Gasteiger partial charge on any atom is 0.163 e. The third-order valence-electron chi connectivity index (χ3n) is 2.90. The lowest BCUT2D eigenvalue weighted by atomic mass is 10.3. The molecule has 0 amide bonds. The highest BCUT2D eigenvalue weighted by atomic mass is 16.5. The third kappa shape index (κ3) is 3.23. The Kier molecular flexibility index (Phi) is 4.80. The SMILES string of the molecule is CCC(C)NCCOc1c(C)nn(C)c1C. The molecule has 0 aliphatic rings. The van der Waals surface area contributed by atoms with Crippen LogP contribution >= 0.6 is 0 Å². The number of ether oxygens (including phenoxy) is 1. The summed E-state index contributed by atoms with van der Waals surface area (Å²) in [4.78, 5) is 0. The predicted octanol–water partition coefficient (Wildman–Crippen LogP) is 1.80. The Hall–Kier alpha value is -1.03. The van der Waals surface area contributed by atoms with Crippen molar-refractivity contribution < 1.29 is 4.74 Å². The molecule has 1 unspecified atom stereocenters. The van der Waals surface area contributed by atoms with E-state index in [0.717, 1.165) is 30.1 Å². The van der Waals surface area contributed by atoms with Crippen LogP contribution in [0.4, 0.5) is 0 Å². The van der Waals surface area contributed by atoms with E-state index < -0.39 is 0 Å². The lowest BCUT2D eigenvalue weighted by Gasteiger charge is -2.12. The zero-order chi connectivity index (χ0) is 12.1. The van der Waals surface area contributed by atoms with Crippen LogP contribution in [0.1, 0.15) is 31.7 Å². The highest BCUT2D eigenvalue weighted by molar-refractivity contribution is 5.31. The molecule has 1 N–H and O–H groups in total. The van der Waals surface area contributed by atoms with E-state index in [9.17, 15) is 0 Å². The molecule has 16 heavy (non-hydrogen) atoms. The van der Waals surface area contributed by atoms with E-state index in [0.29, 0.717) is 12.6 Å². The summed E-state index contributed by atoms with van der Waals surface area (Å²) in [5, 5.41) is 7.71. The summed E-state index contributed by atoms with van der Waals surface area (Å²) >= 11 is 0. The zero-order valence-electron chi connectivity index (χ0n) is 11.0. The van der Waals surface area contributed by atoms with Crippen molar-refractivity contribution in [3.8, 4) is 5.75 Å². The van der Waals surface area contributed by atoms with Gasteiger partial charge in [-0.1, -0.05) is 6.92 Å². The number of aromatic nitrogens is 2. The quantitative estimate of drug-likeness (QED) is 0.750. The van der Waals surface area contributed by atoms with E-state index in [1.807, 2.05) is 25.6 Å². The summed E-state index contributed by atoms with van der Waals surface area (Å²) in [7, 11) is 1.94. The minimum Gasteiger partial charge on any atom is -0.488 e. The molecule has 0 fully saturated rings. The molecule has 1 aromatic heterocycles. The molecule has 92 valence electrons. The van der Waals surface area contributed by atoms with Crippen LogP contribution in [0.5, 0.6) is 5.75 Å². The lowest BCUT2D eigenvalue weighted by Crippen LogP contribution is -2.29. The van der Waals surface area contributed by atoms with Crippen LogP contribution in [0.15, 0.2) is 0 Å². The minimum absolute atomic E-state index is 0.555. The van der Waals surface area contributed by atoms with E-state index in [1.165, 1.54) is 0 Å². The molecular formula is C12H23N3O. The summed E-state index contributed by atoms with van der Waals surface area (Å²) in [6.45, 7) is 9.93. The molecule has 0 aromatic carbocycles. The Morgan fingerprint density at radius 2 is 2.12 bits per heavy atom. The van der Waals surface area contributed by atoms with Crippen LogP contribution in [-0.4, -0.2) is 29.0 Å². The van der Waals surface area contributed by atoms with Crippen LogP contribution in [0.3, 0.4) is 0 Å². The van der Waals surface area contributed by atoms with Gasteiger partial charge in [-0.15, -0.1) is 0 Å². The first-order valence-corrected chi connectivity index (χ1v) is 5.92. The Labute approximate surface area is 98.0 Å². The van der Waals surface area contributed by atoms with Crippen LogP contribution in [0.2, 0.25) is 0 Å². The molecule has 0 bridgehead atoms. The molecule has 4 nitrogen and oxygen atoms in total. The average Bonchev–Trinajstić information content (AvgIpc) is 2.49. The van der Waals surface area contributed by atoms with Gasteiger partial charge in [0.2, 0.25) is 0 Å². The van der Waals surface area contributed by atoms with Gasteiger partial charge in [0.25, 0.3) is 0 Å². The fourth-order valence-electron chi connectivity index (χ4n) is 1.57. The van der Waals surface area contributed by atoms with Gasteiger partial charge in [-0.3, -0.25) is 4.68 Å². The van der Waals surface area contributed by atoms with Crippen molar-refractivity contribution in [1.29, 1.82) is 0 Å². The topological polar surface area (TPSA) is 39.1 Å². The van der Waals surface area contributed by atoms with Crippen LogP contribution < -0.4 is 10.1 Å². The van der Waals surface area contributed by atoms with Crippen LogP contribution in [0, 0.1) is 13.8 Å². The molecule has 4 heteroatoms. The summed E-state index contributed by atoms with van der Waals surface area (Å²) in [6, 6.07) is 0.555. The van der Waals surface area contributed by atoms with E-state index >= 15 is 0 Å².